The first kappa shape index (κ1) is 13.5. The number of hydrogen-bond donors (Lipinski definition) is 2. The van der Waals surface area contributed by atoms with Gasteiger partial charge in [-0.1, -0.05) is 0 Å². The maximum Gasteiger partial charge on any atom is 0.573 e. The number of nitrogens with zero attached hydrogens (tertiary/aromatic N) is 1. The standard InChI is InChI=1S/C7H3F3N2O6/c8-7(9,10)18-3-1-2(12(16)17)5(13)11-4(3)6(14)15/h1H,(H,11,13)(H,14,15). The Kier molecular flexibility index (Phi) is 3.26. The van der Waals surface area contributed by atoms with Gasteiger partial charge in [-0.15, -0.1) is 13.2 Å². The van der Waals surface area contributed by atoms with Crippen molar-refractivity contribution in [3.05, 3.63) is 32.2 Å². The van der Waals surface area contributed by atoms with Crippen molar-refractivity contribution < 1.29 is 32.7 Å². The van der Waals surface area contributed by atoms with Crippen LogP contribution in [0.4, 0.5) is 18.9 Å². The molecule has 0 aliphatic rings. The van der Waals surface area contributed by atoms with E-state index in [1.807, 2.05) is 0 Å². The smallest absolute Gasteiger partial charge is 0.476 e. The topological polar surface area (TPSA) is 123 Å². The number of aromatic carboxylic acids is 1. The number of H-pyrrole nitrogens is 1. The van der Waals surface area contributed by atoms with E-state index in [4.69, 9.17) is 5.11 Å². The summed E-state index contributed by atoms with van der Waals surface area (Å²) in [7, 11) is 0. The Labute approximate surface area is 94.8 Å². The lowest BCUT2D eigenvalue weighted by atomic mass is 10.3. The third-order valence-electron chi connectivity index (χ3n) is 1.62. The van der Waals surface area contributed by atoms with Gasteiger partial charge in [0.15, 0.2) is 11.4 Å². The molecule has 11 heteroatoms. The summed E-state index contributed by atoms with van der Waals surface area (Å²) in [6.45, 7) is 0. The summed E-state index contributed by atoms with van der Waals surface area (Å²) in [5, 5.41) is 18.9. The highest BCUT2D eigenvalue weighted by Gasteiger charge is 2.35. The Balaban J connectivity index is 3.45. The number of alkyl halides is 3. The van der Waals surface area contributed by atoms with Crippen molar-refractivity contribution in [3.63, 3.8) is 0 Å². The third kappa shape index (κ3) is 2.96. The summed E-state index contributed by atoms with van der Waals surface area (Å²) in [4.78, 5) is 32.0. The van der Waals surface area contributed by atoms with Gasteiger partial charge in [-0.25, -0.2) is 4.79 Å². The molecular formula is C7H3F3N2O6. The summed E-state index contributed by atoms with van der Waals surface area (Å²) in [5.74, 6) is -3.30. The zero-order chi connectivity index (χ0) is 14.1. The normalized spacial score (nSPS) is 11.1. The molecule has 0 atom stereocenters. The first-order chi connectivity index (χ1) is 8.11. The van der Waals surface area contributed by atoms with Crippen LogP contribution in [0.15, 0.2) is 10.9 Å². The van der Waals surface area contributed by atoms with Gasteiger partial charge in [-0.2, -0.15) is 0 Å². The van der Waals surface area contributed by atoms with E-state index in [0.717, 1.165) is 0 Å². The van der Waals surface area contributed by atoms with Crippen molar-refractivity contribution in [1.29, 1.82) is 0 Å². The number of carboxylic acids is 1. The molecule has 98 valence electrons. The number of carbonyl (C=O) groups is 1. The fraction of sp³-hybridized carbons (Fsp3) is 0.143. The average Bonchev–Trinajstić information content (AvgIpc) is 2.17. The zero-order valence-corrected chi connectivity index (χ0v) is 8.15. The molecule has 0 unspecified atom stereocenters. The van der Waals surface area contributed by atoms with E-state index in [0.29, 0.717) is 0 Å². The van der Waals surface area contributed by atoms with E-state index in [1.54, 1.807) is 0 Å². The van der Waals surface area contributed by atoms with Gasteiger partial charge in [0.2, 0.25) is 0 Å². The SMILES string of the molecule is O=C(O)c1[nH]c(=O)c([N+](=O)[O-])cc1OC(F)(F)F. The highest BCUT2D eigenvalue weighted by Crippen LogP contribution is 2.26. The molecule has 0 saturated carbocycles. The molecule has 1 rings (SSSR count). The zero-order valence-electron chi connectivity index (χ0n) is 8.15. The Morgan fingerprint density at radius 2 is 2.06 bits per heavy atom. The molecule has 0 radical (unpaired) electrons. The van der Waals surface area contributed by atoms with E-state index in [-0.39, 0.29) is 6.07 Å². The molecule has 1 heterocycles. The van der Waals surface area contributed by atoms with Crippen LogP contribution in [0.25, 0.3) is 0 Å². The number of rotatable bonds is 3. The van der Waals surface area contributed by atoms with Crippen LogP contribution in [0.2, 0.25) is 0 Å². The van der Waals surface area contributed by atoms with Crippen LogP contribution in [0, 0.1) is 10.1 Å². The van der Waals surface area contributed by atoms with Crippen LogP contribution in [0.5, 0.6) is 5.75 Å². The summed E-state index contributed by atoms with van der Waals surface area (Å²) in [6, 6.07) is 0.0930. The van der Waals surface area contributed by atoms with Gasteiger partial charge < -0.3 is 14.8 Å². The molecule has 1 aromatic rings. The van der Waals surface area contributed by atoms with Gasteiger partial charge in [0, 0.05) is 0 Å². The Morgan fingerprint density at radius 3 is 2.44 bits per heavy atom. The second-order valence-electron chi connectivity index (χ2n) is 2.83. The van der Waals surface area contributed by atoms with Crippen LogP contribution in [0.3, 0.4) is 0 Å². The third-order valence-corrected chi connectivity index (χ3v) is 1.62. The van der Waals surface area contributed by atoms with Crippen molar-refractivity contribution in [2.24, 2.45) is 0 Å². The van der Waals surface area contributed by atoms with E-state index < -0.39 is 39.9 Å². The number of halogens is 3. The molecule has 0 saturated heterocycles. The predicted molar refractivity (Wildman–Crippen MR) is 47.4 cm³/mol. The van der Waals surface area contributed by atoms with Gasteiger partial charge >= 0.3 is 23.6 Å². The monoisotopic (exact) mass is 268 g/mol. The molecular weight excluding hydrogens is 265 g/mol. The molecule has 0 amide bonds. The molecule has 0 aliphatic carbocycles. The lowest BCUT2D eigenvalue weighted by molar-refractivity contribution is -0.386. The average molecular weight is 268 g/mol. The molecule has 18 heavy (non-hydrogen) atoms. The maximum absolute atomic E-state index is 11.9. The number of ether oxygens (including phenoxy) is 1. The summed E-state index contributed by atoms with van der Waals surface area (Å²) < 4.78 is 39.1. The second kappa shape index (κ2) is 4.35. The quantitative estimate of drug-likeness (QED) is 0.619. The van der Waals surface area contributed by atoms with Gasteiger partial charge in [0.05, 0.1) is 11.0 Å². The van der Waals surface area contributed by atoms with Crippen LogP contribution in [0.1, 0.15) is 10.5 Å². The maximum atomic E-state index is 11.9. The van der Waals surface area contributed by atoms with Crippen molar-refractivity contribution in [2.45, 2.75) is 6.36 Å². The number of hydrogen-bond acceptors (Lipinski definition) is 5. The first-order valence-corrected chi connectivity index (χ1v) is 4.02. The van der Waals surface area contributed by atoms with Crippen molar-refractivity contribution in [1.82, 2.24) is 4.98 Å². The molecule has 0 aliphatic heterocycles. The van der Waals surface area contributed by atoms with E-state index in [9.17, 15) is 32.9 Å². The minimum absolute atomic E-state index is 0.0930. The molecule has 2 N–H and O–H groups in total. The molecule has 1 aromatic heterocycles. The van der Waals surface area contributed by atoms with Crippen LogP contribution < -0.4 is 10.3 Å². The highest BCUT2D eigenvalue weighted by atomic mass is 19.4. The molecule has 0 aromatic carbocycles. The van der Waals surface area contributed by atoms with E-state index >= 15 is 0 Å². The van der Waals surface area contributed by atoms with Crippen LogP contribution in [-0.4, -0.2) is 27.3 Å². The first-order valence-electron chi connectivity index (χ1n) is 4.02. The largest absolute Gasteiger partial charge is 0.573 e. The minimum atomic E-state index is -5.25. The number of carboxylic acid groups (broad SMARTS) is 1. The van der Waals surface area contributed by atoms with Crippen molar-refractivity contribution in [2.75, 3.05) is 0 Å². The lowest BCUT2D eigenvalue weighted by Gasteiger charge is -2.10. The second-order valence-corrected chi connectivity index (χ2v) is 2.83. The number of aromatic nitrogens is 1. The Hall–Kier alpha value is -2.59. The number of aromatic amines is 1. The summed E-state index contributed by atoms with van der Waals surface area (Å²) >= 11 is 0. The summed E-state index contributed by atoms with van der Waals surface area (Å²) in [5.41, 5.74) is -3.95. The van der Waals surface area contributed by atoms with E-state index in [2.05, 4.69) is 4.74 Å². The van der Waals surface area contributed by atoms with Gasteiger partial charge in [-0.3, -0.25) is 14.9 Å². The van der Waals surface area contributed by atoms with Crippen molar-refractivity contribution in [3.8, 4) is 5.75 Å². The summed E-state index contributed by atoms with van der Waals surface area (Å²) in [6.07, 6.45) is -5.25. The Bertz CT molecular complexity index is 563. The minimum Gasteiger partial charge on any atom is -0.476 e. The lowest BCUT2D eigenvalue weighted by Crippen LogP contribution is -2.23. The Morgan fingerprint density at radius 1 is 1.50 bits per heavy atom. The molecule has 0 bridgehead atoms. The van der Waals surface area contributed by atoms with Gasteiger partial charge in [0.25, 0.3) is 0 Å². The molecule has 0 fully saturated rings. The number of nitro groups is 1. The number of nitrogens with one attached hydrogen (secondary N) is 1. The fourth-order valence-corrected chi connectivity index (χ4v) is 1.00. The van der Waals surface area contributed by atoms with Crippen LogP contribution >= 0.6 is 0 Å². The van der Waals surface area contributed by atoms with Gasteiger partial charge in [0.1, 0.15) is 0 Å². The van der Waals surface area contributed by atoms with Crippen molar-refractivity contribution >= 4 is 11.7 Å². The van der Waals surface area contributed by atoms with E-state index in [1.165, 1.54) is 4.98 Å². The highest BCUT2D eigenvalue weighted by molar-refractivity contribution is 5.88. The number of pyridine rings is 1. The molecule has 0 spiro atoms. The molecule has 8 nitrogen and oxygen atoms in total. The van der Waals surface area contributed by atoms with Gasteiger partial charge in [-0.05, 0) is 0 Å². The fourth-order valence-electron chi connectivity index (χ4n) is 1.00. The predicted octanol–water partition coefficient (Wildman–Crippen LogP) is 0.880. The van der Waals surface area contributed by atoms with Crippen LogP contribution in [-0.2, 0) is 0 Å².